The van der Waals surface area contributed by atoms with E-state index in [0.29, 0.717) is 17.5 Å². The zero-order valence-corrected chi connectivity index (χ0v) is 34.6. The summed E-state index contributed by atoms with van der Waals surface area (Å²) >= 11 is 0. The minimum absolute atomic E-state index is 0.584. The van der Waals surface area contributed by atoms with E-state index in [-0.39, 0.29) is 0 Å². The Bertz CT molecular complexity index is 3520. The summed E-state index contributed by atoms with van der Waals surface area (Å²) in [6.07, 6.45) is 3.67. The fourth-order valence-corrected chi connectivity index (χ4v) is 8.78. The molecule has 5 heteroatoms. The zero-order valence-electron chi connectivity index (χ0n) is 34.6. The Morgan fingerprint density at radius 3 is 1.05 bits per heavy atom. The molecule has 0 N–H and O–H groups in total. The van der Waals surface area contributed by atoms with E-state index in [1.54, 1.807) is 0 Å². The second-order valence-electron chi connectivity index (χ2n) is 16.2. The lowest BCUT2D eigenvalue weighted by Crippen LogP contribution is -2.01. The third-order valence-electron chi connectivity index (χ3n) is 12.1. The van der Waals surface area contributed by atoms with Crippen LogP contribution in [-0.4, -0.2) is 24.9 Å². The number of nitrogens with zero attached hydrogens (tertiary/aromatic N) is 5. The second kappa shape index (κ2) is 15.7. The average Bonchev–Trinajstić information content (AvgIpc) is 3.38. The van der Waals surface area contributed by atoms with E-state index in [2.05, 4.69) is 210 Å². The number of hydrogen-bond donors (Lipinski definition) is 0. The van der Waals surface area contributed by atoms with Gasteiger partial charge in [0.1, 0.15) is 0 Å². The van der Waals surface area contributed by atoms with Gasteiger partial charge >= 0.3 is 0 Å². The van der Waals surface area contributed by atoms with Gasteiger partial charge in [-0.25, -0.2) is 15.0 Å². The molecule has 12 aromatic rings. The van der Waals surface area contributed by atoms with Crippen molar-refractivity contribution in [2.24, 2.45) is 0 Å². The highest BCUT2D eigenvalue weighted by atomic mass is 15.0. The van der Waals surface area contributed by atoms with Crippen LogP contribution in [0.3, 0.4) is 0 Å². The lowest BCUT2D eigenvalue weighted by atomic mass is 9.94. The molecule has 0 amide bonds. The molecule has 0 atom stereocenters. The summed E-state index contributed by atoms with van der Waals surface area (Å²) in [5, 5.41) is 6.96. The van der Waals surface area contributed by atoms with Crippen molar-refractivity contribution in [2.75, 3.05) is 0 Å². The summed E-state index contributed by atoms with van der Waals surface area (Å²) in [4.78, 5) is 25.1. The van der Waals surface area contributed by atoms with E-state index in [9.17, 15) is 0 Å². The normalized spacial score (nSPS) is 11.4. The van der Waals surface area contributed by atoms with Gasteiger partial charge in [-0.05, 0) is 145 Å². The number of rotatable bonds is 7. The summed E-state index contributed by atoms with van der Waals surface area (Å²) in [7, 11) is 0. The molecular weight excluding hydrogens is 779 g/mol. The summed E-state index contributed by atoms with van der Waals surface area (Å²) in [5.41, 5.74) is 13.3. The first-order valence-electron chi connectivity index (χ1n) is 21.4. The maximum absolute atomic E-state index is 5.33. The maximum atomic E-state index is 5.33. The smallest absolute Gasteiger partial charge is 0.164 e. The van der Waals surface area contributed by atoms with Gasteiger partial charge < -0.3 is 0 Å². The van der Waals surface area contributed by atoms with E-state index in [0.717, 1.165) is 83.0 Å². The fourth-order valence-electron chi connectivity index (χ4n) is 8.78. The van der Waals surface area contributed by atoms with Gasteiger partial charge in [0.05, 0.1) is 11.0 Å². The standard InChI is InChI=1S/C59H37N5/c1-3-11-40-29-44(21-19-38(40)9-1)42-13-5-15-50(33-42)57-62-58(51-16-6-14-43(34-51)45-22-20-39-10-2-4-12-41(39)30-45)64-59(63-57)54-36-52(46-23-25-55-48(31-46)17-7-27-60-55)35-53(37-54)47-24-26-56-49(32-47)18-8-28-61-56/h1-37H. The molecule has 0 aliphatic carbocycles. The molecule has 0 saturated carbocycles. The molecule has 5 nitrogen and oxygen atoms in total. The largest absolute Gasteiger partial charge is 0.256 e. The number of aromatic nitrogens is 5. The highest BCUT2D eigenvalue weighted by Gasteiger charge is 2.17. The van der Waals surface area contributed by atoms with Crippen molar-refractivity contribution < 1.29 is 0 Å². The molecule has 0 unspecified atom stereocenters. The van der Waals surface area contributed by atoms with Gasteiger partial charge in [0.15, 0.2) is 17.5 Å². The predicted octanol–water partition coefficient (Wildman–Crippen LogP) is 14.9. The van der Waals surface area contributed by atoms with Crippen molar-refractivity contribution in [1.29, 1.82) is 0 Å². The molecule has 0 spiro atoms. The van der Waals surface area contributed by atoms with Gasteiger partial charge in [-0.1, -0.05) is 133 Å². The first kappa shape index (κ1) is 37.1. The fraction of sp³-hybridized carbons (Fsp3) is 0. The van der Waals surface area contributed by atoms with Gasteiger partial charge in [0, 0.05) is 39.9 Å². The maximum Gasteiger partial charge on any atom is 0.164 e. The first-order chi connectivity index (χ1) is 31.6. The van der Waals surface area contributed by atoms with E-state index in [4.69, 9.17) is 15.0 Å². The molecule has 0 aliphatic heterocycles. The van der Waals surface area contributed by atoms with Gasteiger partial charge in [-0.15, -0.1) is 0 Å². The molecule has 0 aliphatic rings. The van der Waals surface area contributed by atoms with Gasteiger partial charge in [-0.2, -0.15) is 0 Å². The molecule has 64 heavy (non-hydrogen) atoms. The summed E-state index contributed by atoms with van der Waals surface area (Å²) in [5.74, 6) is 1.78. The highest BCUT2D eigenvalue weighted by molar-refractivity contribution is 5.91. The molecule has 3 heterocycles. The lowest BCUT2D eigenvalue weighted by molar-refractivity contribution is 1.07. The number of pyridine rings is 2. The summed E-state index contributed by atoms with van der Waals surface area (Å²) < 4.78 is 0. The Labute approximate surface area is 370 Å². The lowest BCUT2D eigenvalue weighted by Gasteiger charge is -2.14. The van der Waals surface area contributed by atoms with Crippen LogP contribution in [0.5, 0.6) is 0 Å². The van der Waals surface area contributed by atoms with Crippen LogP contribution < -0.4 is 0 Å². The molecule has 0 radical (unpaired) electrons. The molecular formula is C59H37N5. The average molecular weight is 816 g/mol. The Kier molecular flexibility index (Phi) is 9.08. The van der Waals surface area contributed by atoms with Crippen molar-refractivity contribution >= 4 is 43.4 Å². The topological polar surface area (TPSA) is 64.5 Å². The van der Waals surface area contributed by atoms with Crippen LogP contribution in [0.4, 0.5) is 0 Å². The Hall–Kier alpha value is -8.67. The molecule has 0 saturated heterocycles. The SMILES string of the molecule is c1cc(-c2ccc3ccccc3c2)cc(-c2nc(-c3cccc(-c4ccc5ccccc5c4)c3)nc(-c3cc(-c4ccc5ncccc5c4)cc(-c4ccc5ncccc5c4)c3)n2)c1. The van der Waals surface area contributed by atoms with Crippen LogP contribution >= 0.6 is 0 Å². The quantitative estimate of drug-likeness (QED) is 0.160. The van der Waals surface area contributed by atoms with Crippen LogP contribution in [0.25, 0.3) is 122 Å². The van der Waals surface area contributed by atoms with E-state index in [1.165, 1.54) is 21.5 Å². The minimum atomic E-state index is 0.584. The molecule has 12 rings (SSSR count). The number of fused-ring (bicyclic) bond motifs is 4. The molecule has 3 aromatic heterocycles. The minimum Gasteiger partial charge on any atom is -0.256 e. The van der Waals surface area contributed by atoms with Crippen molar-refractivity contribution in [3.8, 4) is 78.7 Å². The molecule has 298 valence electrons. The van der Waals surface area contributed by atoms with E-state index < -0.39 is 0 Å². The van der Waals surface area contributed by atoms with Crippen molar-refractivity contribution in [3.63, 3.8) is 0 Å². The van der Waals surface area contributed by atoms with Crippen LogP contribution in [0.2, 0.25) is 0 Å². The van der Waals surface area contributed by atoms with Crippen molar-refractivity contribution in [2.45, 2.75) is 0 Å². The van der Waals surface area contributed by atoms with E-state index >= 15 is 0 Å². The summed E-state index contributed by atoms with van der Waals surface area (Å²) in [6, 6.07) is 74.9. The zero-order chi connectivity index (χ0) is 42.4. The van der Waals surface area contributed by atoms with Crippen LogP contribution in [0.1, 0.15) is 0 Å². The second-order valence-corrected chi connectivity index (χ2v) is 16.2. The Morgan fingerprint density at radius 1 is 0.203 bits per heavy atom. The third kappa shape index (κ3) is 7.11. The summed E-state index contributed by atoms with van der Waals surface area (Å²) in [6.45, 7) is 0. The molecule has 0 fully saturated rings. The van der Waals surface area contributed by atoms with Crippen molar-refractivity contribution in [3.05, 3.63) is 225 Å². The van der Waals surface area contributed by atoms with Gasteiger partial charge in [0.25, 0.3) is 0 Å². The number of benzene rings is 9. The predicted molar refractivity (Wildman–Crippen MR) is 263 cm³/mol. The Balaban J connectivity index is 1.05. The van der Waals surface area contributed by atoms with Crippen LogP contribution in [-0.2, 0) is 0 Å². The molecule has 0 bridgehead atoms. The monoisotopic (exact) mass is 815 g/mol. The van der Waals surface area contributed by atoms with Gasteiger partial charge in [0.2, 0.25) is 0 Å². The first-order valence-corrected chi connectivity index (χ1v) is 21.4. The molecule has 9 aromatic carbocycles. The third-order valence-corrected chi connectivity index (χ3v) is 12.1. The Morgan fingerprint density at radius 2 is 0.547 bits per heavy atom. The van der Waals surface area contributed by atoms with Crippen LogP contribution in [0, 0.1) is 0 Å². The van der Waals surface area contributed by atoms with E-state index in [1.807, 2.05) is 24.5 Å². The van der Waals surface area contributed by atoms with Gasteiger partial charge in [-0.3, -0.25) is 9.97 Å². The number of hydrogen-bond acceptors (Lipinski definition) is 5. The highest BCUT2D eigenvalue weighted by Crippen LogP contribution is 2.37. The van der Waals surface area contributed by atoms with Crippen molar-refractivity contribution in [1.82, 2.24) is 24.9 Å². The van der Waals surface area contributed by atoms with Crippen LogP contribution in [0.15, 0.2) is 225 Å².